The molecule has 0 aliphatic heterocycles. The van der Waals surface area contributed by atoms with Gasteiger partial charge in [-0.1, -0.05) is 17.7 Å². The SMILES string of the molecule is O=C(O)/C=C/c1ccc(Cl)cc1-n1cccn1. The van der Waals surface area contributed by atoms with E-state index in [0.29, 0.717) is 5.02 Å². The lowest BCUT2D eigenvalue weighted by atomic mass is 10.1. The van der Waals surface area contributed by atoms with E-state index < -0.39 is 5.97 Å². The van der Waals surface area contributed by atoms with Crippen LogP contribution in [0.3, 0.4) is 0 Å². The minimum atomic E-state index is -0.994. The van der Waals surface area contributed by atoms with Gasteiger partial charge in [0.05, 0.1) is 5.69 Å². The van der Waals surface area contributed by atoms with Crippen LogP contribution in [0.25, 0.3) is 11.8 Å². The van der Waals surface area contributed by atoms with Gasteiger partial charge >= 0.3 is 5.97 Å². The summed E-state index contributed by atoms with van der Waals surface area (Å²) in [5, 5.41) is 13.3. The fourth-order valence-corrected chi connectivity index (χ4v) is 1.59. The average molecular weight is 249 g/mol. The number of aliphatic carboxylic acids is 1. The number of hydrogen-bond donors (Lipinski definition) is 1. The van der Waals surface area contributed by atoms with Crippen LogP contribution in [0.15, 0.2) is 42.7 Å². The first-order chi connectivity index (χ1) is 8.16. The topological polar surface area (TPSA) is 55.1 Å². The zero-order valence-corrected chi connectivity index (χ0v) is 9.50. The Morgan fingerprint density at radius 1 is 1.47 bits per heavy atom. The summed E-state index contributed by atoms with van der Waals surface area (Å²) in [7, 11) is 0. The van der Waals surface area contributed by atoms with Crippen molar-refractivity contribution in [1.82, 2.24) is 9.78 Å². The van der Waals surface area contributed by atoms with Gasteiger partial charge in [0.25, 0.3) is 0 Å². The van der Waals surface area contributed by atoms with Crippen molar-refractivity contribution < 1.29 is 9.90 Å². The highest BCUT2D eigenvalue weighted by atomic mass is 35.5. The van der Waals surface area contributed by atoms with Gasteiger partial charge in [0.15, 0.2) is 0 Å². The van der Waals surface area contributed by atoms with Crippen LogP contribution in [0, 0.1) is 0 Å². The number of halogens is 1. The van der Waals surface area contributed by atoms with E-state index in [0.717, 1.165) is 17.3 Å². The Morgan fingerprint density at radius 3 is 2.94 bits per heavy atom. The third-order valence-electron chi connectivity index (χ3n) is 2.15. The van der Waals surface area contributed by atoms with Crippen molar-refractivity contribution in [3.05, 3.63) is 53.3 Å². The fourth-order valence-electron chi connectivity index (χ4n) is 1.43. The maximum atomic E-state index is 10.5. The lowest BCUT2D eigenvalue weighted by molar-refractivity contribution is -0.131. The van der Waals surface area contributed by atoms with Crippen LogP contribution in [-0.4, -0.2) is 20.9 Å². The van der Waals surface area contributed by atoms with E-state index in [9.17, 15) is 4.79 Å². The van der Waals surface area contributed by atoms with Gasteiger partial charge in [0, 0.05) is 29.1 Å². The van der Waals surface area contributed by atoms with Crippen LogP contribution in [-0.2, 0) is 4.79 Å². The highest BCUT2D eigenvalue weighted by molar-refractivity contribution is 6.30. The molecule has 0 atom stereocenters. The van der Waals surface area contributed by atoms with Gasteiger partial charge in [0.2, 0.25) is 0 Å². The molecule has 2 rings (SSSR count). The van der Waals surface area contributed by atoms with Gasteiger partial charge in [-0.05, 0) is 24.3 Å². The lowest BCUT2D eigenvalue weighted by Crippen LogP contribution is -1.97. The van der Waals surface area contributed by atoms with E-state index in [1.807, 2.05) is 0 Å². The Bertz CT molecular complexity index is 562. The van der Waals surface area contributed by atoms with Gasteiger partial charge in [-0.15, -0.1) is 0 Å². The van der Waals surface area contributed by atoms with Gasteiger partial charge in [-0.2, -0.15) is 5.10 Å². The predicted molar refractivity (Wildman–Crippen MR) is 65.2 cm³/mol. The first kappa shape index (κ1) is 11.4. The monoisotopic (exact) mass is 248 g/mol. The molecule has 1 N–H and O–H groups in total. The van der Waals surface area contributed by atoms with Crippen molar-refractivity contribution in [2.24, 2.45) is 0 Å². The summed E-state index contributed by atoms with van der Waals surface area (Å²) < 4.78 is 1.63. The molecule has 0 fully saturated rings. The molecular formula is C12H9ClN2O2. The largest absolute Gasteiger partial charge is 0.478 e. The molecule has 86 valence electrons. The standard InChI is InChI=1S/C12H9ClN2O2/c13-10-4-2-9(3-5-12(16)17)11(8-10)15-7-1-6-14-15/h1-8H,(H,16,17)/b5-3+. The van der Waals surface area contributed by atoms with Crippen LogP contribution < -0.4 is 0 Å². The van der Waals surface area contributed by atoms with Crippen LogP contribution in [0.1, 0.15) is 5.56 Å². The third kappa shape index (κ3) is 2.73. The maximum Gasteiger partial charge on any atom is 0.328 e. The molecule has 1 heterocycles. The normalized spacial score (nSPS) is 10.9. The molecule has 0 saturated carbocycles. The van der Waals surface area contributed by atoms with Crippen molar-refractivity contribution >= 4 is 23.6 Å². The number of aromatic nitrogens is 2. The van der Waals surface area contributed by atoms with Gasteiger partial charge in [-0.25, -0.2) is 9.48 Å². The molecule has 1 aromatic carbocycles. The minimum Gasteiger partial charge on any atom is -0.478 e. The molecule has 0 spiro atoms. The first-order valence-electron chi connectivity index (χ1n) is 4.87. The zero-order chi connectivity index (χ0) is 12.3. The molecule has 4 nitrogen and oxygen atoms in total. The fraction of sp³-hybridized carbons (Fsp3) is 0. The molecule has 0 bridgehead atoms. The van der Waals surface area contributed by atoms with Crippen LogP contribution in [0.4, 0.5) is 0 Å². The highest BCUT2D eigenvalue weighted by Crippen LogP contribution is 2.20. The first-order valence-corrected chi connectivity index (χ1v) is 5.25. The van der Waals surface area contributed by atoms with E-state index in [-0.39, 0.29) is 0 Å². The van der Waals surface area contributed by atoms with E-state index in [2.05, 4.69) is 5.10 Å². The molecular weight excluding hydrogens is 240 g/mol. The van der Waals surface area contributed by atoms with Crippen molar-refractivity contribution in [2.75, 3.05) is 0 Å². The summed E-state index contributed by atoms with van der Waals surface area (Å²) in [5.74, 6) is -0.994. The predicted octanol–water partition coefficient (Wildman–Crippen LogP) is 2.62. The summed E-state index contributed by atoms with van der Waals surface area (Å²) in [4.78, 5) is 10.5. The number of carboxylic acids is 1. The van der Waals surface area contributed by atoms with E-state index in [4.69, 9.17) is 16.7 Å². The summed E-state index contributed by atoms with van der Waals surface area (Å²) in [6.07, 6.45) is 6.00. The van der Waals surface area contributed by atoms with Crippen molar-refractivity contribution in [2.45, 2.75) is 0 Å². The van der Waals surface area contributed by atoms with Crippen molar-refractivity contribution in [3.63, 3.8) is 0 Å². The molecule has 17 heavy (non-hydrogen) atoms. The Hall–Kier alpha value is -2.07. The number of nitrogens with zero attached hydrogens (tertiary/aromatic N) is 2. The van der Waals surface area contributed by atoms with Crippen molar-refractivity contribution in [1.29, 1.82) is 0 Å². The minimum absolute atomic E-state index is 0.572. The number of carbonyl (C=O) groups is 1. The number of hydrogen-bond acceptors (Lipinski definition) is 2. The smallest absolute Gasteiger partial charge is 0.328 e. The average Bonchev–Trinajstić information content (AvgIpc) is 2.80. The third-order valence-corrected chi connectivity index (χ3v) is 2.38. The molecule has 5 heteroatoms. The highest BCUT2D eigenvalue weighted by Gasteiger charge is 2.03. The van der Waals surface area contributed by atoms with E-state index >= 15 is 0 Å². The van der Waals surface area contributed by atoms with Crippen LogP contribution >= 0.6 is 11.6 Å². The summed E-state index contributed by atoms with van der Waals surface area (Å²) in [5.41, 5.74) is 1.47. The Balaban J connectivity index is 2.49. The summed E-state index contributed by atoms with van der Waals surface area (Å²) in [6, 6.07) is 6.97. The number of carboxylic acid groups (broad SMARTS) is 1. The molecule has 0 saturated heterocycles. The maximum absolute atomic E-state index is 10.5. The lowest BCUT2D eigenvalue weighted by Gasteiger charge is -2.06. The number of benzene rings is 1. The van der Waals surface area contributed by atoms with Crippen LogP contribution in [0.2, 0.25) is 5.02 Å². The molecule has 1 aromatic heterocycles. The van der Waals surface area contributed by atoms with Gasteiger partial charge in [-0.3, -0.25) is 0 Å². The van der Waals surface area contributed by atoms with Crippen molar-refractivity contribution in [3.8, 4) is 5.69 Å². The Morgan fingerprint density at radius 2 is 2.29 bits per heavy atom. The summed E-state index contributed by atoms with van der Waals surface area (Å²) in [6.45, 7) is 0. The van der Waals surface area contributed by atoms with Crippen LogP contribution in [0.5, 0.6) is 0 Å². The second-order valence-electron chi connectivity index (χ2n) is 3.33. The second-order valence-corrected chi connectivity index (χ2v) is 3.76. The number of rotatable bonds is 3. The zero-order valence-electron chi connectivity index (χ0n) is 8.75. The molecule has 0 unspecified atom stereocenters. The second kappa shape index (κ2) is 4.84. The van der Waals surface area contributed by atoms with E-state index in [1.54, 1.807) is 41.3 Å². The molecule has 2 aromatic rings. The Kier molecular flexibility index (Phi) is 3.25. The van der Waals surface area contributed by atoms with E-state index in [1.165, 1.54) is 6.08 Å². The molecule has 0 radical (unpaired) electrons. The molecule has 0 aliphatic carbocycles. The molecule has 0 aliphatic rings. The quantitative estimate of drug-likeness (QED) is 0.850. The van der Waals surface area contributed by atoms with Gasteiger partial charge < -0.3 is 5.11 Å². The molecule has 0 amide bonds. The Labute approximate surface area is 103 Å². The summed E-state index contributed by atoms with van der Waals surface area (Å²) >= 11 is 5.91. The van der Waals surface area contributed by atoms with Gasteiger partial charge in [0.1, 0.15) is 0 Å².